The first kappa shape index (κ1) is 14.0. The molecule has 2 nitrogen and oxygen atoms in total. The maximum atomic E-state index is 6.01. The lowest BCUT2D eigenvalue weighted by Gasteiger charge is -2.28. The first-order valence-electron chi connectivity index (χ1n) is 6.98. The van der Waals surface area contributed by atoms with E-state index in [4.69, 9.17) is 5.73 Å². The molecule has 3 N–H and O–H groups in total. The largest absolute Gasteiger partial charge is 0.397 e. The number of benzene rings is 1. The van der Waals surface area contributed by atoms with Crippen molar-refractivity contribution in [2.75, 3.05) is 17.6 Å². The van der Waals surface area contributed by atoms with E-state index in [1.165, 1.54) is 35.7 Å². The van der Waals surface area contributed by atoms with Gasteiger partial charge in [0, 0.05) is 10.1 Å². The second kappa shape index (κ2) is 6.64. The highest BCUT2D eigenvalue weighted by Crippen LogP contribution is 2.31. The molecule has 1 aliphatic carbocycles. The van der Waals surface area contributed by atoms with Gasteiger partial charge in [-0.15, -0.1) is 0 Å². The van der Waals surface area contributed by atoms with Crippen molar-refractivity contribution in [1.82, 2.24) is 0 Å². The van der Waals surface area contributed by atoms with Gasteiger partial charge in [0.2, 0.25) is 0 Å². The molecule has 0 saturated heterocycles. The van der Waals surface area contributed by atoms with Gasteiger partial charge in [-0.2, -0.15) is 0 Å². The van der Waals surface area contributed by atoms with E-state index < -0.39 is 0 Å². The molecule has 0 aromatic heterocycles. The lowest BCUT2D eigenvalue weighted by molar-refractivity contribution is 0.278. The average molecular weight is 358 g/mol. The summed E-state index contributed by atoms with van der Waals surface area (Å²) in [5, 5.41) is 3.51. The van der Waals surface area contributed by atoms with Crippen LogP contribution >= 0.6 is 22.6 Å². The Morgan fingerprint density at radius 2 is 1.89 bits per heavy atom. The zero-order valence-corrected chi connectivity index (χ0v) is 13.2. The molecule has 1 aromatic rings. The summed E-state index contributed by atoms with van der Waals surface area (Å²) in [6.45, 7) is 3.39. The molecule has 0 spiro atoms. The summed E-state index contributed by atoms with van der Waals surface area (Å²) in [4.78, 5) is 0. The van der Waals surface area contributed by atoms with Crippen molar-refractivity contribution in [3.8, 4) is 0 Å². The van der Waals surface area contributed by atoms with E-state index in [9.17, 15) is 0 Å². The number of rotatable bonds is 4. The summed E-state index contributed by atoms with van der Waals surface area (Å²) in [5.41, 5.74) is 7.97. The molecule has 1 fully saturated rings. The van der Waals surface area contributed by atoms with Crippen LogP contribution in [0.4, 0.5) is 11.4 Å². The van der Waals surface area contributed by atoms with E-state index in [1.54, 1.807) is 0 Å². The Morgan fingerprint density at radius 1 is 1.22 bits per heavy atom. The van der Waals surface area contributed by atoms with E-state index in [0.717, 1.165) is 29.8 Å². The lowest BCUT2D eigenvalue weighted by atomic mass is 9.81. The highest BCUT2D eigenvalue weighted by atomic mass is 127. The molecule has 0 heterocycles. The van der Waals surface area contributed by atoms with Gasteiger partial charge < -0.3 is 11.1 Å². The monoisotopic (exact) mass is 358 g/mol. The molecule has 0 bridgehead atoms. The second-order valence-corrected chi connectivity index (χ2v) is 6.65. The number of hydrogen-bond acceptors (Lipinski definition) is 2. The van der Waals surface area contributed by atoms with Crippen LogP contribution in [0.25, 0.3) is 0 Å². The predicted molar refractivity (Wildman–Crippen MR) is 87.8 cm³/mol. The van der Waals surface area contributed by atoms with Crippen molar-refractivity contribution in [3.63, 3.8) is 0 Å². The van der Waals surface area contributed by atoms with Crippen LogP contribution in [0.5, 0.6) is 0 Å². The first-order valence-corrected chi connectivity index (χ1v) is 8.05. The lowest BCUT2D eigenvalue weighted by Crippen LogP contribution is -2.21. The third-order valence-corrected chi connectivity index (χ3v) is 4.81. The Kier molecular flexibility index (Phi) is 5.15. The second-order valence-electron chi connectivity index (χ2n) is 5.41. The van der Waals surface area contributed by atoms with Crippen molar-refractivity contribution in [2.24, 2.45) is 11.8 Å². The number of nitrogens with one attached hydrogen (secondary N) is 1. The number of nitrogen functional groups attached to an aromatic ring is 1. The van der Waals surface area contributed by atoms with Crippen LogP contribution < -0.4 is 11.1 Å². The Labute approximate surface area is 124 Å². The molecule has 1 aliphatic rings. The third kappa shape index (κ3) is 3.77. The summed E-state index contributed by atoms with van der Waals surface area (Å²) >= 11 is 2.29. The molecule has 0 aliphatic heterocycles. The van der Waals surface area contributed by atoms with E-state index in [0.29, 0.717) is 0 Å². The van der Waals surface area contributed by atoms with Gasteiger partial charge >= 0.3 is 0 Å². The van der Waals surface area contributed by atoms with E-state index in [1.807, 2.05) is 6.07 Å². The molecular formula is C15H23IN2. The van der Waals surface area contributed by atoms with Crippen LogP contribution in [-0.4, -0.2) is 6.54 Å². The quantitative estimate of drug-likeness (QED) is 0.614. The molecule has 1 aromatic carbocycles. The molecule has 3 heteroatoms. The molecule has 0 amide bonds. The maximum absolute atomic E-state index is 6.01. The van der Waals surface area contributed by atoms with Crippen molar-refractivity contribution < 1.29 is 0 Å². The molecular weight excluding hydrogens is 335 g/mol. The van der Waals surface area contributed by atoms with Crippen LogP contribution in [-0.2, 0) is 0 Å². The highest BCUT2D eigenvalue weighted by molar-refractivity contribution is 14.1. The highest BCUT2D eigenvalue weighted by Gasteiger charge is 2.19. The Hall–Kier alpha value is -0.450. The van der Waals surface area contributed by atoms with Crippen LogP contribution in [0.1, 0.15) is 39.0 Å². The summed E-state index contributed by atoms with van der Waals surface area (Å²) in [7, 11) is 0. The molecule has 18 heavy (non-hydrogen) atoms. The SMILES string of the molecule is CCC1CCC(CNc2ccc(I)cc2N)CC1. The van der Waals surface area contributed by atoms with Gasteiger partial charge in [-0.25, -0.2) is 0 Å². The molecule has 0 radical (unpaired) electrons. The molecule has 1 saturated carbocycles. The number of halogens is 1. The van der Waals surface area contributed by atoms with Gasteiger partial charge in [0.15, 0.2) is 0 Å². The number of anilines is 2. The van der Waals surface area contributed by atoms with E-state index in [-0.39, 0.29) is 0 Å². The number of nitrogens with two attached hydrogens (primary N) is 1. The average Bonchev–Trinajstić information content (AvgIpc) is 2.38. The zero-order chi connectivity index (χ0) is 13.0. The fourth-order valence-corrected chi connectivity index (χ4v) is 3.31. The van der Waals surface area contributed by atoms with Gasteiger partial charge in [0.05, 0.1) is 11.4 Å². The molecule has 0 atom stereocenters. The minimum absolute atomic E-state index is 0.825. The van der Waals surface area contributed by atoms with Crippen molar-refractivity contribution in [3.05, 3.63) is 21.8 Å². The standard InChI is InChI=1S/C15H23IN2/c1-2-11-3-5-12(6-4-11)10-18-15-8-7-13(16)9-14(15)17/h7-9,11-12,18H,2-6,10,17H2,1H3. The Morgan fingerprint density at radius 3 is 2.50 bits per heavy atom. The van der Waals surface area contributed by atoms with Gasteiger partial charge in [-0.3, -0.25) is 0 Å². The Bertz CT molecular complexity index is 384. The first-order chi connectivity index (χ1) is 8.69. The predicted octanol–water partition coefficient (Wildman–Crippen LogP) is 4.50. The van der Waals surface area contributed by atoms with Crippen molar-refractivity contribution in [1.29, 1.82) is 0 Å². The topological polar surface area (TPSA) is 38.0 Å². The van der Waals surface area contributed by atoms with Gasteiger partial charge in [-0.1, -0.05) is 26.2 Å². The minimum atomic E-state index is 0.825. The normalized spacial score (nSPS) is 23.9. The fraction of sp³-hybridized carbons (Fsp3) is 0.600. The van der Waals surface area contributed by atoms with Gasteiger partial charge in [0.1, 0.15) is 0 Å². The Balaban J connectivity index is 1.81. The van der Waals surface area contributed by atoms with Crippen LogP contribution in [0.3, 0.4) is 0 Å². The summed E-state index contributed by atoms with van der Waals surface area (Å²) in [5.74, 6) is 1.80. The fourth-order valence-electron chi connectivity index (χ4n) is 2.79. The number of hydrogen-bond donors (Lipinski definition) is 2. The van der Waals surface area contributed by atoms with E-state index >= 15 is 0 Å². The van der Waals surface area contributed by atoms with Crippen LogP contribution in [0.2, 0.25) is 0 Å². The molecule has 2 rings (SSSR count). The van der Waals surface area contributed by atoms with Crippen molar-refractivity contribution in [2.45, 2.75) is 39.0 Å². The minimum Gasteiger partial charge on any atom is -0.397 e. The summed E-state index contributed by atoms with van der Waals surface area (Å²) < 4.78 is 1.19. The van der Waals surface area contributed by atoms with Crippen LogP contribution in [0, 0.1) is 15.4 Å². The third-order valence-electron chi connectivity index (χ3n) is 4.14. The smallest absolute Gasteiger partial charge is 0.0574 e. The van der Waals surface area contributed by atoms with Gasteiger partial charge in [0.25, 0.3) is 0 Å². The van der Waals surface area contributed by atoms with Crippen molar-refractivity contribution >= 4 is 34.0 Å². The molecule has 100 valence electrons. The zero-order valence-electron chi connectivity index (χ0n) is 11.1. The summed E-state index contributed by atoms with van der Waals surface area (Å²) in [6, 6.07) is 6.22. The van der Waals surface area contributed by atoms with E-state index in [2.05, 4.69) is 47.0 Å². The summed E-state index contributed by atoms with van der Waals surface area (Å²) in [6.07, 6.45) is 6.91. The van der Waals surface area contributed by atoms with Crippen LogP contribution in [0.15, 0.2) is 18.2 Å². The van der Waals surface area contributed by atoms with Gasteiger partial charge in [-0.05, 0) is 65.5 Å². The molecule has 0 unspecified atom stereocenters. The maximum Gasteiger partial charge on any atom is 0.0574 e.